The van der Waals surface area contributed by atoms with Gasteiger partial charge in [-0.2, -0.15) is 0 Å². The molecule has 104 valence electrons. The molecule has 0 aliphatic carbocycles. The van der Waals surface area contributed by atoms with Gasteiger partial charge in [-0.05, 0) is 12.3 Å². The van der Waals surface area contributed by atoms with Gasteiger partial charge in [0.25, 0.3) is 0 Å². The lowest BCUT2D eigenvalue weighted by Crippen LogP contribution is -2.50. The second kappa shape index (κ2) is 5.57. The summed E-state index contributed by atoms with van der Waals surface area (Å²) in [5.41, 5.74) is 0. The van der Waals surface area contributed by atoms with Crippen LogP contribution in [0.15, 0.2) is 0 Å². The molecule has 2 heterocycles. The Bertz CT molecular complexity index is 304. The van der Waals surface area contributed by atoms with Gasteiger partial charge < -0.3 is 10.1 Å². The predicted octanol–water partition coefficient (Wildman–Crippen LogP) is 1.26. The van der Waals surface area contributed by atoms with Crippen LogP contribution in [0.1, 0.15) is 34.1 Å². The molecule has 0 spiro atoms. The van der Waals surface area contributed by atoms with E-state index in [4.69, 9.17) is 4.74 Å². The summed E-state index contributed by atoms with van der Waals surface area (Å²) in [4.78, 5) is 14.3. The van der Waals surface area contributed by atoms with Crippen molar-refractivity contribution in [2.24, 2.45) is 11.8 Å². The third-order valence-electron chi connectivity index (χ3n) is 4.10. The van der Waals surface area contributed by atoms with Gasteiger partial charge in [-0.25, -0.2) is 0 Å². The molecular formula is C14H26N2O2. The number of nitrogens with zero attached hydrogens (tertiary/aromatic N) is 1. The van der Waals surface area contributed by atoms with Crippen LogP contribution < -0.4 is 5.32 Å². The van der Waals surface area contributed by atoms with Crippen LogP contribution in [0.25, 0.3) is 0 Å². The van der Waals surface area contributed by atoms with Crippen LogP contribution in [0.3, 0.4) is 0 Å². The van der Waals surface area contributed by atoms with Crippen LogP contribution in [0.4, 0.5) is 0 Å². The lowest BCUT2D eigenvalue weighted by Gasteiger charge is -2.33. The minimum absolute atomic E-state index is 0.0598. The molecule has 2 fully saturated rings. The van der Waals surface area contributed by atoms with Crippen molar-refractivity contribution in [3.05, 3.63) is 0 Å². The predicted molar refractivity (Wildman–Crippen MR) is 71.3 cm³/mol. The number of hydrogen-bond acceptors (Lipinski definition) is 3. The smallest absolute Gasteiger partial charge is 0.222 e. The van der Waals surface area contributed by atoms with E-state index in [0.29, 0.717) is 18.1 Å². The zero-order valence-electron chi connectivity index (χ0n) is 12.0. The van der Waals surface area contributed by atoms with Crippen LogP contribution in [0.2, 0.25) is 0 Å². The highest BCUT2D eigenvalue weighted by atomic mass is 16.5. The van der Waals surface area contributed by atoms with Crippen LogP contribution in [-0.4, -0.2) is 48.7 Å². The van der Waals surface area contributed by atoms with E-state index >= 15 is 0 Å². The number of carbonyl (C=O) groups excluding carboxylic acids is 1. The van der Waals surface area contributed by atoms with Crippen LogP contribution in [0.5, 0.6) is 0 Å². The lowest BCUT2D eigenvalue weighted by molar-refractivity contribution is -0.125. The molecule has 0 aromatic carbocycles. The lowest BCUT2D eigenvalue weighted by atomic mass is 10.0. The Morgan fingerprint density at radius 2 is 2.11 bits per heavy atom. The second-order valence-corrected chi connectivity index (χ2v) is 6.31. The molecule has 1 amide bonds. The summed E-state index contributed by atoms with van der Waals surface area (Å²) in [6.45, 7) is 11.1. The molecule has 0 aromatic rings. The minimum atomic E-state index is 0.0598. The molecule has 1 N–H and O–H groups in total. The average Bonchev–Trinajstić information content (AvgIpc) is 2.89. The molecule has 0 aromatic heterocycles. The van der Waals surface area contributed by atoms with E-state index in [9.17, 15) is 4.79 Å². The van der Waals surface area contributed by atoms with Crippen molar-refractivity contribution in [3.63, 3.8) is 0 Å². The summed E-state index contributed by atoms with van der Waals surface area (Å²) >= 11 is 0. The summed E-state index contributed by atoms with van der Waals surface area (Å²) < 4.78 is 5.61. The van der Waals surface area contributed by atoms with E-state index in [1.54, 1.807) is 0 Å². The number of ether oxygens (including phenoxy) is 1. The van der Waals surface area contributed by atoms with E-state index in [0.717, 1.165) is 19.7 Å². The molecule has 2 rings (SSSR count). The van der Waals surface area contributed by atoms with Crippen LogP contribution in [0, 0.1) is 11.8 Å². The standard InChI is InChI=1S/C14H26N2O2/c1-9(2)13(15-14(17)10(3)4)7-16-6-12-5-11(16)8-18-12/h9-13H,5-8H2,1-4H3,(H,15,17)/t11-,12-,13-/m1/s1. The summed E-state index contributed by atoms with van der Waals surface area (Å²) in [6, 6.07) is 0.825. The summed E-state index contributed by atoms with van der Waals surface area (Å²) in [5, 5.41) is 3.18. The van der Waals surface area contributed by atoms with Gasteiger partial charge in [0.2, 0.25) is 5.91 Å². The van der Waals surface area contributed by atoms with Crippen molar-refractivity contribution in [1.29, 1.82) is 0 Å². The molecule has 2 bridgehead atoms. The number of nitrogens with one attached hydrogen (secondary N) is 1. The molecule has 18 heavy (non-hydrogen) atoms. The Labute approximate surface area is 110 Å². The topological polar surface area (TPSA) is 41.6 Å². The number of morpholine rings is 1. The summed E-state index contributed by atoms with van der Waals surface area (Å²) in [6.07, 6.45) is 1.60. The Morgan fingerprint density at radius 3 is 2.56 bits per heavy atom. The largest absolute Gasteiger partial charge is 0.375 e. The Hall–Kier alpha value is -0.610. The zero-order valence-corrected chi connectivity index (χ0v) is 12.0. The van der Waals surface area contributed by atoms with E-state index in [2.05, 4.69) is 24.1 Å². The van der Waals surface area contributed by atoms with Gasteiger partial charge in [0.1, 0.15) is 0 Å². The maximum Gasteiger partial charge on any atom is 0.222 e. The molecule has 2 saturated heterocycles. The van der Waals surface area contributed by atoms with E-state index in [-0.39, 0.29) is 17.9 Å². The molecule has 4 nitrogen and oxygen atoms in total. The SMILES string of the molecule is CC(C)C(=O)N[C@H](CN1C[C@H]2C[C@@H]1CO2)C(C)C. The van der Waals surface area contributed by atoms with Crippen molar-refractivity contribution in [1.82, 2.24) is 10.2 Å². The normalized spacial score (nSPS) is 29.2. The minimum Gasteiger partial charge on any atom is -0.375 e. The van der Waals surface area contributed by atoms with Crippen molar-refractivity contribution < 1.29 is 9.53 Å². The maximum atomic E-state index is 11.8. The maximum absolute atomic E-state index is 11.8. The van der Waals surface area contributed by atoms with E-state index in [1.165, 1.54) is 6.42 Å². The van der Waals surface area contributed by atoms with Crippen LogP contribution in [-0.2, 0) is 9.53 Å². The van der Waals surface area contributed by atoms with Gasteiger partial charge >= 0.3 is 0 Å². The van der Waals surface area contributed by atoms with Crippen molar-refractivity contribution in [2.45, 2.75) is 52.3 Å². The third kappa shape index (κ3) is 3.04. The van der Waals surface area contributed by atoms with Crippen molar-refractivity contribution in [3.8, 4) is 0 Å². The van der Waals surface area contributed by atoms with Gasteiger partial charge in [0, 0.05) is 31.1 Å². The number of fused-ring (bicyclic) bond motifs is 2. The summed E-state index contributed by atoms with van der Waals surface area (Å²) in [5.74, 6) is 0.687. The number of amides is 1. The molecule has 3 atom stereocenters. The zero-order chi connectivity index (χ0) is 13.3. The highest BCUT2D eigenvalue weighted by molar-refractivity contribution is 5.78. The van der Waals surface area contributed by atoms with Gasteiger partial charge in [0.15, 0.2) is 0 Å². The van der Waals surface area contributed by atoms with Gasteiger partial charge in [-0.1, -0.05) is 27.7 Å². The number of hydrogen-bond donors (Lipinski definition) is 1. The monoisotopic (exact) mass is 254 g/mol. The summed E-state index contributed by atoms with van der Waals surface area (Å²) in [7, 11) is 0. The number of rotatable bonds is 5. The molecule has 2 aliphatic rings. The van der Waals surface area contributed by atoms with Crippen molar-refractivity contribution in [2.75, 3.05) is 19.7 Å². The van der Waals surface area contributed by atoms with E-state index in [1.807, 2.05) is 13.8 Å². The number of likely N-dealkylation sites (tertiary alicyclic amines) is 1. The second-order valence-electron chi connectivity index (χ2n) is 6.31. The number of carbonyl (C=O) groups is 1. The quantitative estimate of drug-likeness (QED) is 0.803. The van der Waals surface area contributed by atoms with Gasteiger partial charge in [0.05, 0.1) is 12.7 Å². The third-order valence-corrected chi connectivity index (χ3v) is 4.10. The fraction of sp³-hybridized carbons (Fsp3) is 0.929. The fourth-order valence-corrected chi connectivity index (χ4v) is 2.73. The molecule has 2 aliphatic heterocycles. The fourth-order valence-electron chi connectivity index (χ4n) is 2.73. The first-order valence-electron chi connectivity index (χ1n) is 7.13. The highest BCUT2D eigenvalue weighted by Crippen LogP contribution is 2.28. The Balaban J connectivity index is 1.88. The first kappa shape index (κ1) is 13.8. The Morgan fingerprint density at radius 1 is 1.39 bits per heavy atom. The average molecular weight is 254 g/mol. The molecule has 4 heteroatoms. The molecule has 0 radical (unpaired) electrons. The van der Waals surface area contributed by atoms with E-state index < -0.39 is 0 Å². The van der Waals surface area contributed by atoms with Crippen molar-refractivity contribution >= 4 is 5.91 Å². The first-order valence-corrected chi connectivity index (χ1v) is 7.13. The molecule has 0 unspecified atom stereocenters. The highest BCUT2D eigenvalue weighted by Gasteiger charge is 2.40. The first-order chi connectivity index (χ1) is 8.47. The van der Waals surface area contributed by atoms with Gasteiger partial charge in [-0.15, -0.1) is 0 Å². The van der Waals surface area contributed by atoms with Gasteiger partial charge in [-0.3, -0.25) is 9.69 Å². The molecule has 0 saturated carbocycles. The Kier molecular flexibility index (Phi) is 4.28. The van der Waals surface area contributed by atoms with Crippen LogP contribution >= 0.6 is 0 Å². The molecular weight excluding hydrogens is 228 g/mol.